The summed E-state index contributed by atoms with van der Waals surface area (Å²) in [5, 5.41) is 15.6. The maximum atomic E-state index is 13.3. The van der Waals surface area contributed by atoms with E-state index in [1.165, 1.54) is 24.3 Å². The van der Waals surface area contributed by atoms with Crippen molar-refractivity contribution in [1.82, 2.24) is 15.6 Å². The Morgan fingerprint density at radius 3 is 2.47 bits per heavy atom. The number of benzene rings is 2. The van der Waals surface area contributed by atoms with Gasteiger partial charge in [-0.25, -0.2) is 4.39 Å². The minimum Gasteiger partial charge on any atom is -0.507 e. The molecule has 6 nitrogen and oxygen atoms in total. The van der Waals surface area contributed by atoms with E-state index in [4.69, 9.17) is 0 Å². The summed E-state index contributed by atoms with van der Waals surface area (Å²) in [4.78, 5) is 27.1. The smallest absolute Gasteiger partial charge is 0.416 e. The molecule has 0 bridgehead atoms. The van der Waals surface area contributed by atoms with Crippen molar-refractivity contribution in [2.24, 2.45) is 0 Å². The topological polar surface area (TPSA) is 94.2 Å². The number of alkyl halides is 3. The Hall–Kier alpha value is -3.82. The maximum absolute atomic E-state index is 13.3. The van der Waals surface area contributed by atoms with Crippen LogP contribution in [0.2, 0.25) is 0 Å². The Kier molecular flexibility index (Phi) is 6.32. The summed E-state index contributed by atoms with van der Waals surface area (Å²) in [6, 6.07) is 9.38. The normalized spacial score (nSPS) is 15.9. The van der Waals surface area contributed by atoms with Crippen LogP contribution >= 0.6 is 0 Å². The van der Waals surface area contributed by atoms with Crippen LogP contribution in [-0.4, -0.2) is 34.5 Å². The Labute approximate surface area is 192 Å². The van der Waals surface area contributed by atoms with Crippen molar-refractivity contribution in [3.8, 4) is 28.3 Å². The predicted octanol–water partition coefficient (Wildman–Crippen LogP) is 4.15. The monoisotopic (exact) mass is 475 g/mol. The van der Waals surface area contributed by atoms with E-state index < -0.39 is 29.3 Å². The molecule has 1 aliphatic rings. The van der Waals surface area contributed by atoms with Crippen LogP contribution in [0, 0.1) is 5.82 Å². The van der Waals surface area contributed by atoms with E-state index in [2.05, 4.69) is 15.6 Å². The zero-order valence-corrected chi connectivity index (χ0v) is 17.8. The number of aromatic nitrogens is 1. The first-order chi connectivity index (χ1) is 16.1. The standard InChI is InChI=1S/C24H21F4N3O3/c25-16-5-1-13(2-6-16)19-11-14(3-8-21(33)30-18-9-10-29-23(18)34)22(31-19)17-7-4-15(12-20(17)32)24(26,27)28/h1-2,4-7,11-12,18,31-32H,3,8-10H2,(H,29,34)(H,30,33). The van der Waals surface area contributed by atoms with Crippen molar-refractivity contribution < 1.29 is 32.3 Å². The quantitative estimate of drug-likeness (QED) is 0.404. The molecule has 1 saturated heterocycles. The van der Waals surface area contributed by atoms with Crippen LogP contribution in [0.4, 0.5) is 17.6 Å². The SMILES string of the molecule is O=C(CCc1cc(-c2ccc(F)cc2)[nH]c1-c1ccc(C(F)(F)F)cc1O)NC1CCNC1=O. The lowest BCUT2D eigenvalue weighted by Gasteiger charge is -2.12. The van der Waals surface area contributed by atoms with Crippen molar-refractivity contribution in [3.63, 3.8) is 0 Å². The highest BCUT2D eigenvalue weighted by Gasteiger charge is 2.31. The number of H-pyrrole nitrogens is 1. The van der Waals surface area contributed by atoms with Gasteiger partial charge in [0.05, 0.1) is 11.3 Å². The van der Waals surface area contributed by atoms with Crippen LogP contribution in [0.1, 0.15) is 24.0 Å². The summed E-state index contributed by atoms with van der Waals surface area (Å²) < 4.78 is 52.4. The molecule has 2 heterocycles. The van der Waals surface area contributed by atoms with E-state index in [9.17, 15) is 32.3 Å². The van der Waals surface area contributed by atoms with Gasteiger partial charge in [0.1, 0.15) is 17.6 Å². The molecule has 0 saturated carbocycles. The van der Waals surface area contributed by atoms with Crippen LogP contribution in [-0.2, 0) is 22.2 Å². The average Bonchev–Trinajstić information content (AvgIpc) is 3.38. The number of rotatable bonds is 6. The minimum atomic E-state index is -4.61. The third kappa shape index (κ3) is 5.05. The van der Waals surface area contributed by atoms with E-state index in [1.54, 1.807) is 6.07 Å². The number of phenolic OH excluding ortho intramolecular Hbond substituents is 1. The van der Waals surface area contributed by atoms with Crippen LogP contribution in [0.3, 0.4) is 0 Å². The Bertz CT molecular complexity index is 1220. The van der Waals surface area contributed by atoms with Crippen LogP contribution in [0.25, 0.3) is 22.5 Å². The van der Waals surface area contributed by atoms with Crippen molar-refractivity contribution in [3.05, 3.63) is 65.5 Å². The fourth-order valence-electron chi connectivity index (χ4n) is 3.89. The molecule has 2 aromatic carbocycles. The maximum Gasteiger partial charge on any atom is 0.416 e. The van der Waals surface area contributed by atoms with E-state index in [0.717, 1.165) is 12.1 Å². The molecule has 4 rings (SSSR count). The first-order valence-corrected chi connectivity index (χ1v) is 10.6. The van der Waals surface area contributed by atoms with Crippen molar-refractivity contribution >= 4 is 11.8 Å². The fraction of sp³-hybridized carbons (Fsp3) is 0.250. The highest BCUT2D eigenvalue weighted by atomic mass is 19.4. The van der Waals surface area contributed by atoms with Crippen LogP contribution in [0.15, 0.2) is 48.5 Å². The van der Waals surface area contributed by atoms with E-state index in [0.29, 0.717) is 41.5 Å². The zero-order valence-electron chi connectivity index (χ0n) is 17.8. The summed E-state index contributed by atoms with van der Waals surface area (Å²) in [6.45, 7) is 0.486. The molecule has 178 valence electrons. The second kappa shape index (κ2) is 9.20. The van der Waals surface area contributed by atoms with Crippen molar-refractivity contribution in [1.29, 1.82) is 0 Å². The highest BCUT2D eigenvalue weighted by molar-refractivity contribution is 5.89. The molecular weight excluding hydrogens is 454 g/mol. The van der Waals surface area contributed by atoms with E-state index in [1.807, 2.05) is 0 Å². The van der Waals surface area contributed by atoms with Gasteiger partial charge in [0.25, 0.3) is 0 Å². The average molecular weight is 475 g/mol. The summed E-state index contributed by atoms with van der Waals surface area (Å²) in [5.74, 6) is -1.60. The Morgan fingerprint density at radius 2 is 1.85 bits per heavy atom. The van der Waals surface area contributed by atoms with Gasteiger partial charge in [0.2, 0.25) is 11.8 Å². The number of carbonyl (C=O) groups is 2. The lowest BCUT2D eigenvalue weighted by atomic mass is 10.0. The molecule has 34 heavy (non-hydrogen) atoms. The first-order valence-electron chi connectivity index (χ1n) is 10.6. The minimum absolute atomic E-state index is 0.0128. The Balaban J connectivity index is 1.63. The number of hydrogen-bond acceptors (Lipinski definition) is 3. The molecule has 3 aromatic rings. The third-order valence-corrected chi connectivity index (χ3v) is 5.65. The number of amides is 2. The zero-order chi connectivity index (χ0) is 24.5. The van der Waals surface area contributed by atoms with Gasteiger partial charge < -0.3 is 20.7 Å². The highest BCUT2D eigenvalue weighted by Crippen LogP contribution is 2.39. The molecule has 2 amide bonds. The summed E-state index contributed by atoms with van der Waals surface area (Å²) in [7, 11) is 0. The predicted molar refractivity (Wildman–Crippen MR) is 116 cm³/mol. The number of aromatic hydroxyl groups is 1. The molecular formula is C24H21F4N3O3. The first kappa shape index (κ1) is 23.3. The second-order valence-electron chi connectivity index (χ2n) is 8.02. The molecule has 1 unspecified atom stereocenters. The molecule has 0 radical (unpaired) electrons. The van der Waals surface area contributed by atoms with Gasteiger partial charge in [-0.1, -0.05) is 0 Å². The van der Waals surface area contributed by atoms with Gasteiger partial charge in [-0.3, -0.25) is 9.59 Å². The second-order valence-corrected chi connectivity index (χ2v) is 8.02. The number of hydrogen-bond donors (Lipinski definition) is 4. The van der Waals surface area contributed by atoms with Gasteiger partial charge in [-0.2, -0.15) is 13.2 Å². The van der Waals surface area contributed by atoms with Crippen molar-refractivity contribution in [2.75, 3.05) is 6.54 Å². The molecule has 0 spiro atoms. The number of phenols is 1. The number of halogens is 4. The summed E-state index contributed by atoms with van der Waals surface area (Å²) >= 11 is 0. The summed E-state index contributed by atoms with van der Waals surface area (Å²) in [6.07, 6.45) is -3.92. The summed E-state index contributed by atoms with van der Waals surface area (Å²) in [5.41, 5.74) is 1.21. The van der Waals surface area contributed by atoms with E-state index >= 15 is 0 Å². The number of nitrogens with one attached hydrogen (secondary N) is 3. The van der Waals surface area contributed by atoms with Crippen LogP contribution in [0.5, 0.6) is 5.75 Å². The van der Waals surface area contributed by atoms with Gasteiger partial charge >= 0.3 is 6.18 Å². The molecule has 1 fully saturated rings. The van der Waals surface area contributed by atoms with Crippen LogP contribution < -0.4 is 10.6 Å². The molecule has 0 aliphatic carbocycles. The Morgan fingerprint density at radius 1 is 1.12 bits per heavy atom. The molecule has 10 heteroatoms. The third-order valence-electron chi connectivity index (χ3n) is 5.65. The molecule has 1 aromatic heterocycles. The van der Waals surface area contributed by atoms with Gasteiger partial charge in [-0.05, 0) is 72.5 Å². The van der Waals surface area contributed by atoms with Gasteiger partial charge in [-0.15, -0.1) is 0 Å². The van der Waals surface area contributed by atoms with E-state index in [-0.39, 0.29) is 30.2 Å². The molecule has 1 atom stereocenters. The fourth-order valence-corrected chi connectivity index (χ4v) is 3.89. The van der Waals surface area contributed by atoms with Gasteiger partial charge in [0, 0.05) is 24.2 Å². The largest absolute Gasteiger partial charge is 0.507 e. The number of carbonyl (C=O) groups excluding carboxylic acids is 2. The van der Waals surface area contributed by atoms with Gasteiger partial charge in [0.15, 0.2) is 0 Å². The lowest BCUT2D eigenvalue weighted by Crippen LogP contribution is -2.40. The molecule has 4 N–H and O–H groups in total. The molecule has 1 aliphatic heterocycles. The van der Waals surface area contributed by atoms with Crippen molar-refractivity contribution in [2.45, 2.75) is 31.5 Å². The number of aromatic amines is 1. The lowest BCUT2D eigenvalue weighted by molar-refractivity contribution is -0.137. The number of aryl methyl sites for hydroxylation is 1.